The molecule has 27 heavy (non-hydrogen) atoms. The number of nitrogens with one attached hydrogen (secondary N) is 1. The molecule has 5 nitrogen and oxygen atoms in total. The summed E-state index contributed by atoms with van der Waals surface area (Å²) < 4.78 is 5.52. The number of anilines is 1. The van der Waals surface area contributed by atoms with Crippen molar-refractivity contribution in [3.8, 4) is 6.07 Å². The Bertz CT molecular complexity index is 806. The van der Waals surface area contributed by atoms with E-state index >= 15 is 0 Å². The highest BCUT2D eigenvalue weighted by Gasteiger charge is 2.18. The van der Waals surface area contributed by atoms with Crippen molar-refractivity contribution in [2.24, 2.45) is 0 Å². The van der Waals surface area contributed by atoms with E-state index in [2.05, 4.69) is 5.32 Å². The van der Waals surface area contributed by atoms with E-state index < -0.39 is 0 Å². The van der Waals surface area contributed by atoms with E-state index in [-0.39, 0.29) is 17.6 Å². The fraction of sp³-hybridized carbons (Fsp3) is 0.273. The molecule has 1 heterocycles. The first-order chi connectivity index (χ1) is 13.3. The van der Waals surface area contributed by atoms with E-state index in [4.69, 9.17) is 4.74 Å². The minimum absolute atomic E-state index is 0.0449. The molecule has 0 bridgehead atoms. The Kier molecular flexibility index (Phi) is 6.61. The van der Waals surface area contributed by atoms with Gasteiger partial charge in [0, 0.05) is 31.6 Å². The molecule has 1 amide bonds. The van der Waals surface area contributed by atoms with E-state index in [1.54, 1.807) is 6.20 Å². The zero-order chi connectivity index (χ0) is 18.9. The average Bonchev–Trinajstić information content (AvgIpc) is 3.24. The molecule has 2 aromatic carbocycles. The van der Waals surface area contributed by atoms with Crippen molar-refractivity contribution in [2.45, 2.75) is 25.5 Å². The van der Waals surface area contributed by atoms with E-state index in [0.29, 0.717) is 13.1 Å². The molecular formula is C22H23N3O2. The lowest BCUT2D eigenvalue weighted by atomic mass is 10.2. The number of para-hydroxylation sites is 1. The molecule has 1 unspecified atom stereocenters. The lowest BCUT2D eigenvalue weighted by Crippen LogP contribution is -2.33. The van der Waals surface area contributed by atoms with Gasteiger partial charge in [-0.15, -0.1) is 0 Å². The number of rotatable bonds is 7. The van der Waals surface area contributed by atoms with Gasteiger partial charge in [-0.25, -0.2) is 0 Å². The topological polar surface area (TPSA) is 65.4 Å². The summed E-state index contributed by atoms with van der Waals surface area (Å²) in [4.78, 5) is 14.4. The Labute approximate surface area is 159 Å². The van der Waals surface area contributed by atoms with Crippen molar-refractivity contribution in [3.63, 3.8) is 0 Å². The summed E-state index contributed by atoms with van der Waals surface area (Å²) >= 11 is 0. The maximum atomic E-state index is 12.5. The molecule has 1 atom stereocenters. The van der Waals surface area contributed by atoms with Gasteiger partial charge in [-0.3, -0.25) is 4.79 Å². The number of nitriles is 1. The monoisotopic (exact) mass is 361 g/mol. The SMILES string of the molecule is N#C/C(=C/N(Cc1ccccc1)c1ccccc1)C(=O)NCC1CCCO1. The third-order valence-corrected chi connectivity index (χ3v) is 4.45. The first-order valence-corrected chi connectivity index (χ1v) is 9.13. The zero-order valence-electron chi connectivity index (χ0n) is 15.2. The number of nitrogens with zero attached hydrogens (tertiary/aromatic N) is 2. The first kappa shape index (κ1) is 18.7. The van der Waals surface area contributed by atoms with Gasteiger partial charge in [0.2, 0.25) is 0 Å². The summed E-state index contributed by atoms with van der Waals surface area (Å²) in [6.45, 7) is 1.73. The number of carbonyl (C=O) groups is 1. The zero-order valence-corrected chi connectivity index (χ0v) is 15.2. The minimum atomic E-state index is -0.373. The predicted octanol–water partition coefficient (Wildman–Crippen LogP) is 3.40. The number of hydrogen-bond acceptors (Lipinski definition) is 4. The maximum absolute atomic E-state index is 12.5. The smallest absolute Gasteiger partial charge is 0.263 e. The Balaban J connectivity index is 1.76. The van der Waals surface area contributed by atoms with Crippen molar-refractivity contribution >= 4 is 11.6 Å². The van der Waals surface area contributed by atoms with E-state index in [0.717, 1.165) is 30.7 Å². The molecule has 1 aliphatic rings. The van der Waals surface area contributed by atoms with Crippen LogP contribution in [0.1, 0.15) is 18.4 Å². The molecule has 138 valence electrons. The number of benzene rings is 2. The van der Waals surface area contributed by atoms with E-state index in [1.807, 2.05) is 71.6 Å². The number of ether oxygens (including phenoxy) is 1. The predicted molar refractivity (Wildman–Crippen MR) is 105 cm³/mol. The van der Waals surface area contributed by atoms with Crippen molar-refractivity contribution in [1.82, 2.24) is 5.32 Å². The normalized spacial score (nSPS) is 16.6. The molecule has 1 saturated heterocycles. The summed E-state index contributed by atoms with van der Waals surface area (Å²) in [5, 5.41) is 12.3. The maximum Gasteiger partial charge on any atom is 0.263 e. The minimum Gasteiger partial charge on any atom is -0.376 e. The fourth-order valence-electron chi connectivity index (χ4n) is 3.01. The van der Waals surface area contributed by atoms with Crippen LogP contribution in [0.25, 0.3) is 0 Å². The molecule has 0 aliphatic carbocycles. The number of hydrogen-bond donors (Lipinski definition) is 1. The van der Waals surface area contributed by atoms with Crippen LogP contribution in [0, 0.1) is 11.3 Å². The second-order valence-electron chi connectivity index (χ2n) is 6.45. The Morgan fingerprint density at radius 1 is 1.19 bits per heavy atom. The van der Waals surface area contributed by atoms with Crippen LogP contribution in [0.3, 0.4) is 0 Å². The Morgan fingerprint density at radius 3 is 2.52 bits per heavy atom. The molecule has 5 heteroatoms. The largest absolute Gasteiger partial charge is 0.376 e. The van der Waals surface area contributed by atoms with Crippen LogP contribution in [-0.4, -0.2) is 25.2 Å². The van der Waals surface area contributed by atoms with E-state index in [1.165, 1.54) is 0 Å². The van der Waals surface area contributed by atoms with Gasteiger partial charge in [0.15, 0.2) is 0 Å². The summed E-state index contributed by atoms with van der Waals surface area (Å²) in [6.07, 6.45) is 3.62. The van der Waals surface area contributed by atoms with Crippen molar-refractivity contribution in [3.05, 3.63) is 78.0 Å². The number of amides is 1. The second-order valence-corrected chi connectivity index (χ2v) is 6.45. The van der Waals surface area contributed by atoms with Crippen LogP contribution >= 0.6 is 0 Å². The molecule has 0 spiro atoms. The van der Waals surface area contributed by atoms with Gasteiger partial charge in [-0.2, -0.15) is 5.26 Å². The molecule has 1 N–H and O–H groups in total. The third-order valence-electron chi connectivity index (χ3n) is 4.45. The molecule has 0 aromatic heterocycles. The van der Waals surface area contributed by atoms with Crippen LogP contribution in [0.5, 0.6) is 0 Å². The van der Waals surface area contributed by atoms with Crippen molar-refractivity contribution in [2.75, 3.05) is 18.1 Å². The van der Waals surface area contributed by atoms with Gasteiger partial charge in [0.25, 0.3) is 5.91 Å². The van der Waals surface area contributed by atoms with Gasteiger partial charge in [-0.05, 0) is 30.5 Å². The molecular weight excluding hydrogens is 338 g/mol. The van der Waals surface area contributed by atoms with Crippen LogP contribution in [0.4, 0.5) is 5.69 Å². The third kappa shape index (κ3) is 5.44. The number of carbonyl (C=O) groups excluding carboxylic acids is 1. The fourth-order valence-corrected chi connectivity index (χ4v) is 3.01. The van der Waals surface area contributed by atoms with Crippen molar-refractivity contribution < 1.29 is 9.53 Å². The van der Waals surface area contributed by atoms with Crippen LogP contribution in [0.15, 0.2) is 72.4 Å². The lowest BCUT2D eigenvalue weighted by Gasteiger charge is -2.21. The van der Waals surface area contributed by atoms with Gasteiger partial charge in [0.05, 0.1) is 6.10 Å². The standard InChI is InChI=1S/C22H23N3O2/c23-14-19(22(26)24-15-21-12-7-13-27-21)17-25(20-10-5-2-6-11-20)16-18-8-3-1-4-9-18/h1-6,8-11,17,21H,7,12-13,15-16H2,(H,24,26)/b19-17-. The quantitative estimate of drug-likeness (QED) is 0.606. The summed E-state index contributed by atoms with van der Waals surface area (Å²) in [6, 6.07) is 21.7. The highest BCUT2D eigenvalue weighted by atomic mass is 16.5. The molecule has 0 radical (unpaired) electrons. The summed E-state index contributed by atoms with van der Waals surface area (Å²) in [5.41, 5.74) is 2.09. The molecule has 3 rings (SSSR count). The van der Waals surface area contributed by atoms with Crippen LogP contribution in [-0.2, 0) is 16.1 Å². The van der Waals surface area contributed by atoms with E-state index in [9.17, 15) is 10.1 Å². The summed E-state index contributed by atoms with van der Waals surface area (Å²) in [7, 11) is 0. The Morgan fingerprint density at radius 2 is 1.89 bits per heavy atom. The van der Waals surface area contributed by atoms with Crippen LogP contribution in [0.2, 0.25) is 0 Å². The van der Waals surface area contributed by atoms with Gasteiger partial charge < -0.3 is 15.0 Å². The summed E-state index contributed by atoms with van der Waals surface area (Å²) in [5.74, 6) is -0.373. The molecule has 2 aromatic rings. The highest BCUT2D eigenvalue weighted by molar-refractivity contribution is 5.97. The van der Waals surface area contributed by atoms with Gasteiger partial charge in [0.1, 0.15) is 11.6 Å². The Hall–Kier alpha value is -3.10. The van der Waals surface area contributed by atoms with Crippen molar-refractivity contribution in [1.29, 1.82) is 5.26 Å². The average molecular weight is 361 g/mol. The molecule has 1 fully saturated rings. The van der Waals surface area contributed by atoms with Gasteiger partial charge >= 0.3 is 0 Å². The van der Waals surface area contributed by atoms with Gasteiger partial charge in [-0.1, -0.05) is 48.5 Å². The van der Waals surface area contributed by atoms with Crippen LogP contribution < -0.4 is 10.2 Å². The lowest BCUT2D eigenvalue weighted by molar-refractivity contribution is -0.117. The highest BCUT2D eigenvalue weighted by Crippen LogP contribution is 2.18. The molecule has 0 saturated carbocycles. The second kappa shape index (κ2) is 9.56. The molecule has 1 aliphatic heterocycles. The first-order valence-electron chi connectivity index (χ1n) is 9.13.